The highest BCUT2D eigenvalue weighted by Crippen LogP contribution is 2.41. The molecule has 1 aliphatic carbocycles. The van der Waals surface area contributed by atoms with E-state index in [4.69, 9.17) is 9.47 Å². The number of ether oxygens (including phenoxy) is 2. The van der Waals surface area contributed by atoms with Crippen LogP contribution in [0, 0.1) is 23.7 Å². The van der Waals surface area contributed by atoms with Crippen molar-refractivity contribution in [3.05, 3.63) is 0 Å². The molecule has 5 heteroatoms. The van der Waals surface area contributed by atoms with Crippen molar-refractivity contribution in [2.45, 2.75) is 97.4 Å². The predicted octanol–water partition coefficient (Wildman–Crippen LogP) is 4.65. The van der Waals surface area contributed by atoms with E-state index < -0.39 is 8.24 Å². The van der Waals surface area contributed by atoms with Gasteiger partial charge in [0.25, 0.3) is 0 Å². The van der Waals surface area contributed by atoms with Crippen LogP contribution in [0.25, 0.3) is 0 Å². The molecule has 150 valence electrons. The van der Waals surface area contributed by atoms with Gasteiger partial charge in [-0.05, 0) is 50.0 Å². The number of cyclic esters (lactones) is 1. The van der Waals surface area contributed by atoms with Gasteiger partial charge >= 0.3 is 5.97 Å². The Bertz CT molecular complexity index is 504. The van der Waals surface area contributed by atoms with Crippen molar-refractivity contribution in [3.8, 4) is 0 Å². The summed E-state index contributed by atoms with van der Waals surface area (Å²) in [5.74, 6) is 2.06. The number of nitrogens with zero attached hydrogens (tertiary/aromatic N) is 1. The van der Waals surface area contributed by atoms with Gasteiger partial charge in [0, 0.05) is 12.0 Å². The first-order valence-electron chi connectivity index (χ1n) is 10.8. The topological polar surface area (TPSA) is 38.8 Å². The van der Waals surface area contributed by atoms with E-state index in [1.54, 1.807) is 0 Å². The summed E-state index contributed by atoms with van der Waals surface area (Å²) < 4.78 is 15.0. The summed E-state index contributed by atoms with van der Waals surface area (Å²) >= 11 is 0. The van der Waals surface area contributed by atoms with Crippen LogP contribution < -0.4 is 0 Å². The van der Waals surface area contributed by atoms with E-state index in [9.17, 15) is 4.79 Å². The first-order chi connectivity index (χ1) is 12.2. The van der Waals surface area contributed by atoms with E-state index in [2.05, 4.69) is 45.0 Å². The fourth-order valence-electron chi connectivity index (χ4n) is 5.51. The lowest BCUT2D eigenvalue weighted by Gasteiger charge is -2.42. The second-order valence-electron chi connectivity index (χ2n) is 10.3. The molecule has 3 fully saturated rings. The summed E-state index contributed by atoms with van der Waals surface area (Å²) in [6.45, 7) is 15.4. The number of hydrogen-bond donors (Lipinski definition) is 0. The van der Waals surface area contributed by atoms with Crippen LogP contribution in [-0.4, -0.2) is 43.8 Å². The second kappa shape index (κ2) is 7.92. The molecule has 0 aromatic heterocycles. The Morgan fingerprint density at radius 2 is 1.92 bits per heavy atom. The molecule has 0 unspecified atom stereocenters. The number of carbonyl (C=O) groups excluding carboxylic acids is 1. The molecule has 0 aromatic carbocycles. The standard InChI is InChI=1S/C21H39NO3Si/c1-14(2)16-10-9-15(3)12-19(16)24-21-17(13-20(23)25-21)18-8-7-11-22(18)26(4,5)6/h14-19,21H,7-13H2,1-6H3/t15-,16+,17+,18-,19-,21-/m1/s1. The monoisotopic (exact) mass is 381 g/mol. The number of rotatable bonds is 5. The molecule has 4 nitrogen and oxygen atoms in total. The SMILES string of the molecule is CC(C)[C@@H]1CC[C@@H](C)C[C@H]1O[C@@H]1OC(=O)C[C@H]1[C@H]1CCCN1[Si](C)(C)C. The van der Waals surface area contributed by atoms with E-state index >= 15 is 0 Å². The molecule has 0 amide bonds. The molecule has 0 N–H and O–H groups in total. The maximum Gasteiger partial charge on any atom is 0.308 e. The molecule has 6 atom stereocenters. The van der Waals surface area contributed by atoms with Crippen LogP contribution in [0.3, 0.4) is 0 Å². The summed E-state index contributed by atoms with van der Waals surface area (Å²) in [7, 11) is -1.39. The van der Waals surface area contributed by atoms with Crippen molar-refractivity contribution in [2.24, 2.45) is 23.7 Å². The first kappa shape index (κ1) is 20.3. The number of hydrogen-bond acceptors (Lipinski definition) is 4. The van der Waals surface area contributed by atoms with E-state index in [1.807, 2.05) is 0 Å². The van der Waals surface area contributed by atoms with Crippen LogP contribution in [0.2, 0.25) is 19.6 Å². The van der Waals surface area contributed by atoms with Crippen LogP contribution in [0.5, 0.6) is 0 Å². The summed E-state index contributed by atoms with van der Waals surface area (Å²) in [5, 5.41) is 0. The highest BCUT2D eigenvalue weighted by molar-refractivity contribution is 6.73. The van der Waals surface area contributed by atoms with E-state index in [0.29, 0.717) is 30.2 Å². The van der Waals surface area contributed by atoms with Crippen molar-refractivity contribution in [2.75, 3.05) is 6.54 Å². The minimum absolute atomic E-state index is 0.0626. The van der Waals surface area contributed by atoms with Gasteiger partial charge in [-0.25, -0.2) is 0 Å². The lowest BCUT2D eigenvalue weighted by atomic mass is 9.75. The smallest absolute Gasteiger partial charge is 0.308 e. The molecule has 0 bridgehead atoms. The zero-order valence-electron chi connectivity index (χ0n) is 17.7. The minimum atomic E-state index is -1.39. The van der Waals surface area contributed by atoms with Crippen LogP contribution in [0.4, 0.5) is 0 Å². The van der Waals surface area contributed by atoms with Crippen molar-refractivity contribution < 1.29 is 14.3 Å². The van der Waals surface area contributed by atoms with Crippen LogP contribution >= 0.6 is 0 Å². The Labute approximate surface area is 161 Å². The molecule has 1 saturated carbocycles. The average molecular weight is 382 g/mol. The van der Waals surface area contributed by atoms with Gasteiger partial charge < -0.3 is 14.0 Å². The zero-order valence-corrected chi connectivity index (χ0v) is 18.7. The second-order valence-corrected chi connectivity index (χ2v) is 15.2. The van der Waals surface area contributed by atoms with Gasteiger partial charge in [-0.15, -0.1) is 0 Å². The summed E-state index contributed by atoms with van der Waals surface area (Å²) in [6.07, 6.45) is 6.49. The van der Waals surface area contributed by atoms with Crippen LogP contribution in [0.15, 0.2) is 0 Å². The third-order valence-electron chi connectivity index (χ3n) is 6.92. The molecule has 2 aliphatic heterocycles. The Morgan fingerprint density at radius 3 is 2.58 bits per heavy atom. The summed E-state index contributed by atoms with van der Waals surface area (Å²) in [4.78, 5) is 12.2. The fourth-order valence-corrected chi connectivity index (χ4v) is 7.66. The quantitative estimate of drug-likeness (QED) is 0.513. The molecular formula is C21H39NO3Si. The lowest BCUT2D eigenvalue weighted by molar-refractivity contribution is -0.199. The molecule has 0 spiro atoms. The Balaban J connectivity index is 1.74. The van der Waals surface area contributed by atoms with Crippen LogP contribution in [0.1, 0.15) is 59.3 Å². The van der Waals surface area contributed by atoms with Crippen molar-refractivity contribution in [3.63, 3.8) is 0 Å². The molecule has 3 aliphatic rings. The normalized spacial score (nSPS) is 39.6. The molecule has 26 heavy (non-hydrogen) atoms. The maximum absolute atomic E-state index is 12.2. The zero-order chi connectivity index (χ0) is 19.1. The number of esters is 1. The highest BCUT2D eigenvalue weighted by Gasteiger charge is 2.48. The average Bonchev–Trinajstić information content (AvgIpc) is 3.13. The molecule has 0 aromatic rings. The Morgan fingerprint density at radius 1 is 1.19 bits per heavy atom. The summed E-state index contributed by atoms with van der Waals surface area (Å²) in [6, 6.07) is 0.455. The minimum Gasteiger partial charge on any atom is -0.435 e. The van der Waals surface area contributed by atoms with E-state index in [0.717, 1.165) is 6.42 Å². The van der Waals surface area contributed by atoms with Gasteiger partial charge in [-0.2, -0.15) is 0 Å². The molecule has 2 heterocycles. The highest BCUT2D eigenvalue weighted by atomic mass is 28.3. The van der Waals surface area contributed by atoms with Crippen LogP contribution in [-0.2, 0) is 14.3 Å². The first-order valence-corrected chi connectivity index (χ1v) is 14.2. The van der Waals surface area contributed by atoms with Crippen molar-refractivity contribution in [1.82, 2.24) is 4.57 Å². The predicted molar refractivity (Wildman–Crippen MR) is 107 cm³/mol. The Kier molecular flexibility index (Phi) is 6.20. The van der Waals surface area contributed by atoms with E-state index in [-0.39, 0.29) is 24.3 Å². The van der Waals surface area contributed by atoms with Gasteiger partial charge in [-0.1, -0.05) is 46.8 Å². The van der Waals surface area contributed by atoms with Gasteiger partial charge in [0.15, 0.2) is 0 Å². The number of carbonyl (C=O) groups is 1. The van der Waals surface area contributed by atoms with E-state index in [1.165, 1.54) is 32.2 Å². The molecular weight excluding hydrogens is 342 g/mol. The van der Waals surface area contributed by atoms with Gasteiger partial charge in [-0.3, -0.25) is 4.79 Å². The molecule has 2 saturated heterocycles. The fraction of sp³-hybridized carbons (Fsp3) is 0.952. The third kappa shape index (κ3) is 4.36. The summed E-state index contributed by atoms with van der Waals surface area (Å²) in [5.41, 5.74) is 0. The van der Waals surface area contributed by atoms with Gasteiger partial charge in [0.2, 0.25) is 6.29 Å². The van der Waals surface area contributed by atoms with Crippen molar-refractivity contribution in [1.29, 1.82) is 0 Å². The molecule has 3 rings (SSSR count). The van der Waals surface area contributed by atoms with Gasteiger partial charge in [0.05, 0.1) is 12.5 Å². The molecule has 0 radical (unpaired) electrons. The lowest BCUT2D eigenvalue weighted by Crippen LogP contribution is -2.53. The maximum atomic E-state index is 12.2. The third-order valence-corrected chi connectivity index (χ3v) is 9.20. The largest absolute Gasteiger partial charge is 0.435 e. The Hall–Kier alpha value is -0.393. The van der Waals surface area contributed by atoms with Gasteiger partial charge in [0.1, 0.15) is 8.24 Å². The van der Waals surface area contributed by atoms with Crippen molar-refractivity contribution >= 4 is 14.2 Å².